The molecule has 0 fully saturated rings. The van der Waals surface area contributed by atoms with Gasteiger partial charge in [0.25, 0.3) is 20.0 Å². The Morgan fingerprint density at radius 3 is 1.43 bits per heavy atom. The van der Waals surface area contributed by atoms with E-state index < -0.39 is 20.0 Å². The van der Waals surface area contributed by atoms with Gasteiger partial charge >= 0.3 is 0 Å². The number of ether oxygens (including phenoxy) is 1. The quantitative estimate of drug-likeness (QED) is 0.551. The number of hydrogen-bond acceptors (Lipinski definition) is 5. The standard InChI is InChI=1S/C22H23NO5S2/c1-17-4-12-21(13-5-17)29(24,25)23(16-19-8-10-20(28-3)11-9-19)30(26,27)22-14-6-18(2)7-15-22/h4-15H,16H2,1-3H3. The van der Waals surface area contributed by atoms with Gasteiger partial charge in [-0.05, 0) is 55.8 Å². The van der Waals surface area contributed by atoms with Crippen LogP contribution in [0.3, 0.4) is 0 Å². The number of aryl methyl sites for hydroxylation is 2. The number of methoxy groups -OCH3 is 1. The van der Waals surface area contributed by atoms with Crippen molar-refractivity contribution in [3.8, 4) is 5.75 Å². The molecule has 3 aromatic rings. The molecule has 8 heteroatoms. The molecule has 0 aliphatic rings. The van der Waals surface area contributed by atoms with Crippen molar-refractivity contribution in [2.75, 3.05) is 7.11 Å². The molecule has 0 bridgehead atoms. The van der Waals surface area contributed by atoms with E-state index in [1.54, 1.807) is 48.5 Å². The smallest absolute Gasteiger partial charge is 0.256 e. The van der Waals surface area contributed by atoms with Crippen molar-refractivity contribution < 1.29 is 21.6 Å². The fourth-order valence-electron chi connectivity index (χ4n) is 2.83. The van der Waals surface area contributed by atoms with Gasteiger partial charge in [0.15, 0.2) is 0 Å². The second-order valence-electron chi connectivity index (χ2n) is 6.92. The maximum atomic E-state index is 13.4. The number of sulfonamides is 2. The molecule has 6 nitrogen and oxygen atoms in total. The van der Waals surface area contributed by atoms with Crippen molar-refractivity contribution in [3.05, 3.63) is 89.5 Å². The van der Waals surface area contributed by atoms with Crippen LogP contribution in [0.1, 0.15) is 16.7 Å². The molecule has 158 valence electrons. The van der Waals surface area contributed by atoms with Crippen LogP contribution in [0.25, 0.3) is 0 Å². The first-order chi connectivity index (χ1) is 14.1. The molecular formula is C22H23NO5S2. The molecule has 0 aliphatic carbocycles. The first-order valence-electron chi connectivity index (χ1n) is 9.19. The molecular weight excluding hydrogens is 422 g/mol. The highest BCUT2D eigenvalue weighted by Gasteiger charge is 2.36. The van der Waals surface area contributed by atoms with E-state index in [0.29, 0.717) is 15.0 Å². The minimum absolute atomic E-state index is 0.0858. The van der Waals surface area contributed by atoms with Gasteiger partial charge in [0.2, 0.25) is 0 Å². The molecule has 3 aromatic carbocycles. The van der Waals surface area contributed by atoms with E-state index in [2.05, 4.69) is 0 Å². The van der Waals surface area contributed by atoms with Crippen molar-refractivity contribution in [1.29, 1.82) is 0 Å². The Morgan fingerprint density at radius 1 is 0.667 bits per heavy atom. The molecule has 30 heavy (non-hydrogen) atoms. The van der Waals surface area contributed by atoms with Crippen LogP contribution in [-0.4, -0.2) is 27.7 Å². The lowest BCUT2D eigenvalue weighted by atomic mass is 10.2. The fourth-order valence-corrected chi connectivity index (χ4v) is 6.45. The van der Waals surface area contributed by atoms with Crippen LogP contribution in [0.15, 0.2) is 82.6 Å². The molecule has 0 amide bonds. The topological polar surface area (TPSA) is 80.8 Å². The zero-order valence-corrected chi connectivity index (χ0v) is 18.6. The zero-order chi connectivity index (χ0) is 21.9. The van der Waals surface area contributed by atoms with Gasteiger partial charge in [-0.15, -0.1) is 0 Å². The predicted octanol–water partition coefficient (Wildman–Crippen LogP) is 3.89. The summed E-state index contributed by atoms with van der Waals surface area (Å²) in [5.74, 6) is 0.591. The third-order valence-electron chi connectivity index (χ3n) is 4.64. The van der Waals surface area contributed by atoms with E-state index in [0.717, 1.165) is 11.1 Å². The van der Waals surface area contributed by atoms with Crippen LogP contribution < -0.4 is 4.74 Å². The number of rotatable bonds is 7. The average Bonchev–Trinajstić information content (AvgIpc) is 2.73. The molecule has 0 spiro atoms. The van der Waals surface area contributed by atoms with Crippen molar-refractivity contribution in [2.45, 2.75) is 30.2 Å². The molecule has 0 saturated heterocycles. The van der Waals surface area contributed by atoms with E-state index in [1.807, 2.05) is 13.8 Å². The Hall–Kier alpha value is -2.68. The minimum Gasteiger partial charge on any atom is -0.497 e. The van der Waals surface area contributed by atoms with Crippen LogP contribution in [0, 0.1) is 13.8 Å². The van der Waals surface area contributed by atoms with Gasteiger partial charge in [-0.2, -0.15) is 0 Å². The van der Waals surface area contributed by atoms with E-state index >= 15 is 0 Å². The molecule has 0 radical (unpaired) electrons. The highest BCUT2D eigenvalue weighted by atomic mass is 32.3. The molecule has 3 rings (SSSR count). The second kappa shape index (κ2) is 8.59. The highest BCUT2D eigenvalue weighted by molar-refractivity contribution is 8.04. The third kappa shape index (κ3) is 4.56. The molecule has 0 N–H and O–H groups in total. The summed E-state index contributed by atoms with van der Waals surface area (Å²) in [5, 5.41) is 0. The highest BCUT2D eigenvalue weighted by Crippen LogP contribution is 2.27. The predicted molar refractivity (Wildman–Crippen MR) is 115 cm³/mol. The van der Waals surface area contributed by atoms with Gasteiger partial charge in [-0.3, -0.25) is 0 Å². The Labute approximate surface area is 177 Å². The van der Waals surface area contributed by atoms with Crippen molar-refractivity contribution in [2.24, 2.45) is 0 Å². The summed E-state index contributed by atoms with van der Waals surface area (Å²) < 4.78 is 59.2. The lowest BCUT2D eigenvalue weighted by Crippen LogP contribution is -2.36. The van der Waals surface area contributed by atoms with Crippen LogP contribution in [-0.2, 0) is 26.6 Å². The second-order valence-corrected chi connectivity index (χ2v) is 10.9. The van der Waals surface area contributed by atoms with Crippen LogP contribution in [0.2, 0.25) is 0 Å². The Morgan fingerprint density at radius 2 is 1.07 bits per heavy atom. The van der Waals surface area contributed by atoms with Crippen LogP contribution >= 0.6 is 0 Å². The van der Waals surface area contributed by atoms with Gasteiger partial charge in [0.1, 0.15) is 5.75 Å². The summed E-state index contributed by atoms with van der Waals surface area (Å²) >= 11 is 0. The summed E-state index contributed by atoms with van der Waals surface area (Å²) in [7, 11) is -7.15. The summed E-state index contributed by atoms with van der Waals surface area (Å²) in [5.41, 5.74) is 2.26. The van der Waals surface area contributed by atoms with Gasteiger partial charge in [0.05, 0.1) is 23.4 Å². The maximum absolute atomic E-state index is 13.4. The summed E-state index contributed by atoms with van der Waals surface area (Å²) in [4.78, 5) is -0.172. The van der Waals surface area contributed by atoms with Gasteiger partial charge < -0.3 is 4.74 Å². The number of benzene rings is 3. The zero-order valence-electron chi connectivity index (χ0n) is 16.9. The Balaban J connectivity index is 2.12. The monoisotopic (exact) mass is 445 g/mol. The van der Waals surface area contributed by atoms with Gasteiger partial charge in [-0.25, -0.2) is 16.8 Å². The fraction of sp³-hybridized carbons (Fsp3) is 0.182. The third-order valence-corrected chi connectivity index (χ3v) is 8.89. The number of hydrogen-bond donors (Lipinski definition) is 0. The molecule has 0 unspecified atom stereocenters. The molecule has 0 heterocycles. The van der Waals surface area contributed by atoms with Crippen LogP contribution in [0.5, 0.6) is 5.75 Å². The molecule has 0 aliphatic heterocycles. The van der Waals surface area contributed by atoms with Crippen LogP contribution in [0.4, 0.5) is 0 Å². The Kier molecular flexibility index (Phi) is 6.30. The van der Waals surface area contributed by atoms with Crippen molar-refractivity contribution in [1.82, 2.24) is 3.71 Å². The molecule has 0 saturated carbocycles. The molecule has 0 aromatic heterocycles. The lowest BCUT2D eigenvalue weighted by Gasteiger charge is -2.22. The number of nitrogens with zero attached hydrogens (tertiary/aromatic N) is 1. The van der Waals surface area contributed by atoms with Crippen molar-refractivity contribution in [3.63, 3.8) is 0 Å². The van der Waals surface area contributed by atoms with E-state index in [4.69, 9.17) is 4.74 Å². The summed E-state index contributed by atoms with van der Waals surface area (Å²) in [6.07, 6.45) is 0. The van der Waals surface area contributed by atoms with Gasteiger partial charge in [-0.1, -0.05) is 51.2 Å². The maximum Gasteiger partial charge on any atom is 0.256 e. The average molecular weight is 446 g/mol. The van der Waals surface area contributed by atoms with Crippen molar-refractivity contribution >= 4 is 20.0 Å². The first-order valence-corrected chi connectivity index (χ1v) is 12.1. The van der Waals surface area contributed by atoms with E-state index in [1.165, 1.54) is 31.4 Å². The summed E-state index contributed by atoms with van der Waals surface area (Å²) in [6.45, 7) is 3.32. The first kappa shape index (κ1) is 22.0. The Bertz CT molecular complexity index is 1140. The lowest BCUT2D eigenvalue weighted by molar-refractivity contribution is 0.414. The normalized spacial score (nSPS) is 12.1. The molecule has 0 atom stereocenters. The minimum atomic E-state index is -4.33. The summed E-state index contributed by atoms with van der Waals surface area (Å²) in [6, 6.07) is 18.8. The SMILES string of the molecule is COc1ccc(CN(S(=O)(=O)c2ccc(C)cc2)S(=O)(=O)c2ccc(C)cc2)cc1. The van der Waals surface area contributed by atoms with E-state index in [-0.39, 0.29) is 16.3 Å². The largest absolute Gasteiger partial charge is 0.497 e. The van der Waals surface area contributed by atoms with Gasteiger partial charge in [0, 0.05) is 0 Å². The van der Waals surface area contributed by atoms with E-state index in [9.17, 15) is 16.8 Å².